The minimum Gasteiger partial charge on any atom is -0.492 e. The number of ether oxygens (including phenoxy) is 1. The Bertz CT molecular complexity index is 836. The van der Waals surface area contributed by atoms with E-state index in [1.165, 1.54) is 0 Å². The second-order valence-electron chi connectivity index (χ2n) is 8.44. The molecule has 0 saturated carbocycles. The number of benzene rings is 2. The van der Waals surface area contributed by atoms with Crippen LogP contribution in [0.25, 0.3) is 0 Å². The Labute approximate surface area is 173 Å². The van der Waals surface area contributed by atoms with Crippen molar-refractivity contribution in [3.05, 3.63) is 59.7 Å². The van der Waals surface area contributed by atoms with E-state index < -0.39 is 6.04 Å². The number of amides is 2. The van der Waals surface area contributed by atoms with Gasteiger partial charge in [0, 0.05) is 5.56 Å². The van der Waals surface area contributed by atoms with Gasteiger partial charge in [0.25, 0.3) is 5.91 Å². The average Bonchev–Trinajstić information content (AvgIpc) is 2.66. The fraction of sp³-hybridized carbons (Fsp3) is 0.417. The largest absolute Gasteiger partial charge is 0.492 e. The molecule has 2 N–H and O–H groups in total. The lowest BCUT2D eigenvalue weighted by Gasteiger charge is -2.23. The van der Waals surface area contributed by atoms with Crippen molar-refractivity contribution in [3.8, 4) is 5.75 Å². The molecule has 5 heteroatoms. The van der Waals surface area contributed by atoms with E-state index in [9.17, 15) is 9.59 Å². The molecule has 2 aromatic carbocycles. The van der Waals surface area contributed by atoms with Crippen LogP contribution in [0.3, 0.4) is 0 Å². The van der Waals surface area contributed by atoms with Gasteiger partial charge in [-0.3, -0.25) is 9.59 Å². The van der Waals surface area contributed by atoms with Crippen molar-refractivity contribution in [1.29, 1.82) is 0 Å². The van der Waals surface area contributed by atoms with Crippen molar-refractivity contribution in [3.63, 3.8) is 0 Å². The highest BCUT2D eigenvalue weighted by molar-refractivity contribution is 6.01. The summed E-state index contributed by atoms with van der Waals surface area (Å²) in [6.07, 6.45) is 0. The van der Waals surface area contributed by atoms with Crippen LogP contribution in [-0.4, -0.2) is 24.5 Å². The fourth-order valence-corrected chi connectivity index (χ4v) is 2.94. The monoisotopic (exact) mass is 396 g/mol. The standard InChI is InChI=1S/C24H32N2O3/c1-7-29-20-11-9-8-10-19(20)25-23(28)21(16(2)3)26-22(27)17-12-14-18(15-13-17)24(4,5)6/h8-16,21H,7H2,1-6H3,(H,25,28)(H,26,27). The molecule has 1 atom stereocenters. The minimum atomic E-state index is -0.667. The first-order chi connectivity index (χ1) is 13.6. The Balaban J connectivity index is 2.13. The molecule has 0 radical (unpaired) electrons. The molecule has 29 heavy (non-hydrogen) atoms. The van der Waals surface area contributed by atoms with E-state index >= 15 is 0 Å². The highest BCUT2D eigenvalue weighted by Crippen LogP contribution is 2.25. The predicted molar refractivity (Wildman–Crippen MR) is 117 cm³/mol. The molecule has 0 fully saturated rings. The molecular weight excluding hydrogens is 364 g/mol. The lowest BCUT2D eigenvalue weighted by atomic mass is 9.86. The molecule has 156 valence electrons. The molecule has 2 aromatic rings. The van der Waals surface area contributed by atoms with E-state index in [4.69, 9.17) is 4.74 Å². The molecule has 0 aliphatic carbocycles. The number of nitrogens with one attached hydrogen (secondary N) is 2. The van der Waals surface area contributed by atoms with Gasteiger partial charge >= 0.3 is 0 Å². The second-order valence-corrected chi connectivity index (χ2v) is 8.44. The zero-order valence-electron chi connectivity index (χ0n) is 18.2. The molecule has 0 spiro atoms. The molecule has 0 aliphatic heterocycles. The fourth-order valence-electron chi connectivity index (χ4n) is 2.94. The summed E-state index contributed by atoms with van der Waals surface area (Å²) in [5, 5.41) is 5.75. The first-order valence-corrected chi connectivity index (χ1v) is 10.1. The SMILES string of the molecule is CCOc1ccccc1NC(=O)C(NC(=O)c1ccc(C(C)(C)C)cc1)C(C)C. The molecule has 1 unspecified atom stereocenters. The molecule has 0 saturated heterocycles. The van der Waals surface area contributed by atoms with Crippen molar-refractivity contribution in [2.24, 2.45) is 5.92 Å². The number of rotatable bonds is 7. The third kappa shape index (κ3) is 6.08. The zero-order chi connectivity index (χ0) is 21.6. The molecule has 0 bridgehead atoms. The average molecular weight is 397 g/mol. The van der Waals surface area contributed by atoms with E-state index in [-0.39, 0.29) is 23.1 Å². The van der Waals surface area contributed by atoms with Gasteiger partial charge in [0.2, 0.25) is 5.91 Å². The van der Waals surface area contributed by atoms with Crippen LogP contribution in [0.1, 0.15) is 57.5 Å². The number of carbonyl (C=O) groups is 2. The van der Waals surface area contributed by atoms with Crippen LogP contribution in [0, 0.1) is 5.92 Å². The molecule has 5 nitrogen and oxygen atoms in total. The van der Waals surface area contributed by atoms with Gasteiger partial charge in [-0.2, -0.15) is 0 Å². The van der Waals surface area contributed by atoms with E-state index in [0.717, 1.165) is 5.56 Å². The smallest absolute Gasteiger partial charge is 0.251 e. The summed E-state index contributed by atoms with van der Waals surface area (Å²) in [5.41, 5.74) is 2.29. The summed E-state index contributed by atoms with van der Waals surface area (Å²) in [6.45, 7) is 12.6. The maximum absolute atomic E-state index is 12.9. The number of hydrogen-bond donors (Lipinski definition) is 2. The van der Waals surface area contributed by atoms with Crippen LogP contribution in [-0.2, 0) is 10.2 Å². The van der Waals surface area contributed by atoms with Crippen molar-refractivity contribution >= 4 is 17.5 Å². The summed E-state index contributed by atoms with van der Waals surface area (Å²) < 4.78 is 5.57. The van der Waals surface area contributed by atoms with E-state index in [2.05, 4.69) is 31.4 Å². The molecule has 0 heterocycles. The van der Waals surface area contributed by atoms with Crippen molar-refractivity contribution in [2.45, 2.75) is 53.0 Å². The highest BCUT2D eigenvalue weighted by Gasteiger charge is 2.25. The van der Waals surface area contributed by atoms with Gasteiger partial charge in [0.1, 0.15) is 11.8 Å². The van der Waals surface area contributed by atoms with Crippen LogP contribution in [0.4, 0.5) is 5.69 Å². The first-order valence-electron chi connectivity index (χ1n) is 10.1. The third-order valence-electron chi connectivity index (χ3n) is 4.69. The second kappa shape index (κ2) is 9.59. The maximum atomic E-state index is 12.9. The van der Waals surface area contributed by atoms with E-state index in [0.29, 0.717) is 23.6 Å². The Hall–Kier alpha value is -2.82. The number of anilines is 1. The van der Waals surface area contributed by atoms with Gasteiger partial charge < -0.3 is 15.4 Å². The number of carbonyl (C=O) groups excluding carboxylic acids is 2. The number of hydrogen-bond acceptors (Lipinski definition) is 3. The summed E-state index contributed by atoms with van der Waals surface area (Å²) in [6, 6.07) is 14.1. The van der Waals surface area contributed by atoms with Crippen molar-refractivity contribution in [1.82, 2.24) is 5.32 Å². The van der Waals surface area contributed by atoms with Gasteiger partial charge in [-0.15, -0.1) is 0 Å². The van der Waals surface area contributed by atoms with Gasteiger partial charge in [0.15, 0.2) is 0 Å². The van der Waals surface area contributed by atoms with Crippen molar-refractivity contribution in [2.75, 3.05) is 11.9 Å². The first kappa shape index (κ1) is 22.5. The Kier molecular flexibility index (Phi) is 7.43. The lowest BCUT2D eigenvalue weighted by Crippen LogP contribution is -2.47. The van der Waals surface area contributed by atoms with E-state index in [1.807, 2.05) is 45.0 Å². The zero-order valence-corrected chi connectivity index (χ0v) is 18.2. The van der Waals surface area contributed by atoms with Crippen LogP contribution in [0.2, 0.25) is 0 Å². The number of para-hydroxylation sites is 2. The summed E-state index contributed by atoms with van der Waals surface area (Å²) in [4.78, 5) is 25.6. The molecule has 0 aromatic heterocycles. The van der Waals surface area contributed by atoms with Gasteiger partial charge in [0.05, 0.1) is 12.3 Å². The van der Waals surface area contributed by atoms with Gasteiger partial charge in [-0.1, -0.05) is 58.9 Å². The molecule has 2 rings (SSSR count). The van der Waals surface area contributed by atoms with E-state index in [1.54, 1.807) is 24.3 Å². The Morgan fingerprint density at radius 3 is 2.17 bits per heavy atom. The summed E-state index contributed by atoms with van der Waals surface area (Å²) >= 11 is 0. The van der Waals surface area contributed by atoms with Crippen LogP contribution >= 0.6 is 0 Å². The lowest BCUT2D eigenvalue weighted by molar-refractivity contribution is -0.118. The maximum Gasteiger partial charge on any atom is 0.251 e. The highest BCUT2D eigenvalue weighted by atomic mass is 16.5. The summed E-state index contributed by atoms with van der Waals surface area (Å²) in [5.74, 6) is -0.00813. The normalized spacial score (nSPS) is 12.4. The Morgan fingerprint density at radius 1 is 1.00 bits per heavy atom. The van der Waals surface area contributed by atoms with Gasteiger partial charge in [-0.25, -0.2) is 0 Å². The van der Waals surface area contributed by atoms with Crippen LogP contribution in [0.15, 0.2) is 48.5 Å². The molecule has 0 aliphatic rings. The molecular formula is C24H32N2O3. The minimum absolute atomic E-state index is 0.0172. The molecule has 2 amide bonds. The predicted octanol–water partition coefficient (Wildman–Crippen LogP) is 4.78. The Morgan fingerprint density at radius 2 is 1.62 bits per heavy atom. The van der Waals surface area contributed by atoms with Gasteiger partial charge in [-0.05, 0) is 48.1 Å². The quantitative estimate of drug-likeness (QED) is 0.708. The van der Waals surface area contributed by atoms with Crippen LogP contribution in [0.5, 0.6) is 5.75 Å². The van der Waals surface area contributed by atoms with Crippen LogP contribution < -0.4 is 15.4 Å². The van der Waals surface area contributed by atoms with Crippen molar-refractivity contribution < 1.29 is 14.3 Å². The third-order valence-corrected chi connectivity index (χ3v) is 4.69. The topological polar surface area (TPSA) is 67.4 Å². The summed E-state index contributed by atoms with van der Waals surface area (Å²) in [7, 11) is 0.